The van der Waals surface area contributed by atoms with Gasteiger partial charge in [-0.05, 0) is 55.0 Å². The molecule has 1 amide bonds. The number of hydrogen-bond donors (Lipinski definition) is 1. The minimum Gasteiger partial charge on any atom is -0.378 e. The molecule has 3 aromatic rings. The van der Waals surface area contributed by atoms with Gasteiger partial charge in [0, 0.05) is 42.4 Å². The zero-order valence-electron chi connectivity index (χ0n) is 15.3. The van der Waals surface area contributed by atoms with Crippen LogP contribution in [-0.4, -0.2) is 42.0 Å². The first kappa shape index (κ1) is 17.3. The SMILES string of the molecule is Cc1cc(C(=O)Nc2cccc(-n3cccn3)c2)ccc1N1CCOCC1. The molecular formula is C21H22N4O2. The summed E-state index contributed by atoms with van der Waals surface area (Å²) in [5, 5.41) is 7.19. The molecule has 0 radical (unpaired) electrons. The molecule has 1 aromatic heterocycles. The number of amides is 1. The van der Waals surface area contributed by atoms with Gasteiger partial charge >= 0.3 is 0 Å². The molecule has 6 heteroatoms. The molecule has 1 aliphatic rings. The van der Waals surface area contributed by atoms with Crippen LogP contribution in [0, 0.1) is 6.92 Å². The second-order valence-corrected chi connectivity index (χ2v) is 6.56. The molecule has 0 saturated carbocycles. The minimum atomic E-state index is -0.121. The third kappa shape index (κ3) is 3.85. The number of carbonyl (C=O) groups excluding carboxylic acids is 1. The van der Waals surface area contributed by atoms with Gasteiger partial charge in [-0.15, -0.1) is 0 Å². The number of rotatable bonds is 4. The molecular weight excluding hydrogens is 340 g/mol. The smallest absolute Gasteiger partial charge is 0.255 e. The number of hydrogen-bond acceptors (Lipinski definition) is 4. The maximum atomic E-state index is 12.7. The Morgan fingerprint density at radius 3 is 2.70 bits per heavy atom. The molecule has 0 spiro atoms. The highest BCUT2D eigenvalue weighted by Crippen LogP contribution is 2.23. The number of aromatic nitrogens is 2. The molecule has 4 rings (SSSR count). The van der Waals surface area contributed by atoms with Crippen molar-refractivity contribution in [1.29, 1.82) is 0 Å². The van der Waals surface area contributed by atoms with Crippen molar-refractivity contribution in [2.24, 2.45) is 0 Å². The van der Waals surface area contributed by atoms with Crippen LogP contribution in [0.4, 0.5) is 11.4 Å². The summed E-state index contributed by atoms with van der Waals surface area (Å²) in [5.41, 5.74) is 4.54. The van der Waals surface area contributed by atoms with E-state index in [-0.39, 0.29) is 5.91 Å². The fraction of sp³-hybridized carbons (Fsp3) is 0.238. The Balaban J connectivity index is 1.50. The fourth-order valence-corrected chi connectivity index (χ4v) is 3.31. The van der Waals surface area contributed by atoms with Crippen LogP contribution >= 0.6 is 0 Å². The third-order valence-corrected chi connectivity index (χ3v) is 4.68. The van der Waals surface area contributed by atoms with E-state index >= 15 is 0 Å². The summed E-state index contributed by atoms with van der Waals surface area (Å²) in [6.45, 7) is 5.29. The van der Waals surface area contributed by atoms with Crippen LogP contribution in [0.15, 0.2) is 60.9 Å². The van der Waals surface area contributed by atoms with Crippen molar-refractivity contribution in [1.82, 2.24) is 9.78 Å². The lowest BCUT2D eigenvalue weighted by molar-refractivity contribution is 0.102. The lowest BCUT2D eigenvalue weighted by Crippen LogP contribution is -2.36. The number of nitrogens with zero attached hydrogens (tertiary/aromatic N) is 3. The Morgan fingerprint density at radius 2 is 1.96 bits per heavy atom. The van der Waals surface area contributed by atoms with E-state index in [0.29, 0.717) is 5.56 Å². The Kier molecular flexibility index (Phi) is 4.89. The van der Waals surface area contributed by atoms with Crippen molar-refractivity contribution < 1.29 is 9.53 Å². The second-order valence-electron chi connectivity index (χ2n) is 6.56. The van der Waals surface area contributed by atoms with E-state index in [2.05, 4.69) is 15.3 Å². The van der Waals surface area contributed by atoms with Gasteiger partial charge in [-0.3, -0.25) is 4.79 Å². The largest absolute Gasteiger partial charge is 0.378 e. The molecule has 1 N–H and O–H groups in total. The van der Waals surface area contributed by atoms with E-state index in [1.165, 1.54) is 0 Å². The van der Waals surface area contributed by atoms with E-state index < -0.39 is 0 Å². The van der Waals surface area contributed by atoms with Crippen LogP contribution in [0.5, 0.6) is 0 Å². The molecule has 1 fully saturated rings. The van der Waals surface area contributed by atoms with Crippen LogP contribution in [0.25, 0.3) is 5.69 Å². The number of benzene rings is 2. The molecule has 138 valence electrons. The van der Waals surface area contributed by atoms with Crippen molar-refractivity contribution in [3.8, 4) is 5.69 Å². The first-order chi connectivity index (χ1) is 13.2. The monoisotopic (exact) mass is 362 g/mol. The normalized spacial score (nSPS) is 14.2. The standard InChI is InChI=1S/C21H22N4O2/c1-16-14-17(6-7-20(16)24-10-12-27-13-11-24)21(26)23-18-4-2-5-19(15-18)25-9-3-8-22-25/h2-9,14-15H,10-13H2,1H3,(H,23,26). The molecule has 1 saturated heterocycles. The number of carbonyl (C=O) groups is 1. The van der Waals surface area contributed by atoms with Crippen LogP contribution in [0.2, 0.25) is 0 Å². The predicted octanol–water partition coefficient (Wildman–Crippen LogP) is 3.27. The van der Waals surface area contributed by atoms with Gasteiger partial charge in [0.05, 0.1) is 18.9 Å². The highest BCUT2D eigenvalue weighted by molar-refractivity contribution is 6.04. The second kappa shape index (κ2) is 7.63. The van der Waals surface area contributed by atoms with Gasteiger partial charge in [0.25, 0.3) is 5.91 Å². The topological polar surface area (TPSA) is 59.4 Å². The van der Waals surface area contributed by atoms with Gasteiger partial charge in [0.1, 0.15) is 0 Å². The Labute approximate surface area is 158 Å². The predicted molar refractivity (Wildman–Crippen MR) is 106 cm³/mol. The first-order valence-corrected chi connectivity index (χ1v) is 9.05. The van der Waals surface area contributed by atoms with Crippen LogP contribution in [0.3, 0.4) is 0 Å². The minimum absolute atomic E-state index is 0.121. The number of anilines is 2. The van der Waals surface area contributed by atoms with Crippen molar-refractivity contribution in [3.05, 3.63) is 72.1 Å². The van der Waals surface area contributed by atoms with E-state index in [4.69, 9.17) is 4.74 Å². The molecule has 0 bridgehead atoms. The van der Waals surface area contributed by atoms with Crippen LogP contribution in [0.1, 0.15) is 15.9 Å². The van der Waals surface area contributed by atoms with Crippen molar-refractivity contribution in [3.63, 3.8) is 0 Å². The summed E-state index contributed by atoms with van der Waals surface area (Å²) in [6, 6.07) is 15.3. The number of aryl methyl sites for hydroxylation is 1. The molecule has 2 heterocycles. The van der Waals surface area contributed by atoms with Gasteiger partial charge < -0.3 is 15.0 Å². The maximum Gasteiger partial charge on any atom is 0.255 e. The maximum absolute atomic E-state index is 12.7. The Bertz CT molecular complexity index is 931. The zero-order chi connectivity index (χ0) is 18.6. The number of nitrogens with one attached hydrogen (secondary N) is 1. The first-order valence-electron chi connectivity index (χ1n) is 9.05. The van der Waals surface area contributed by atoms with Crippen molar-refractivity contribution >= 4 is 17.3 Å². The summed E-state index contributed by atoms with van der Waals surface area (Å²) in [7, 11) is 0. The van der Waals surface area contributed by atoms with Crippen LogP contribution in [-0.2, 0) is 4.74 Å². The quantitative estimate of drug-likeness (QED) is 0.774. The van der Waals surface area contributed by atoms with E-state index in [1.807, 2.05) is 61.7 Å². The molecule has 6 nitrogen and oxygen atoms in total. The van der Waals surface area contributed by atoms with Gasteiger partial charge in [-0.1, -0.05) is 6.07 Å². The van der Waals surface area contributed by atoms with Crippen molar-refractivity contribution in [2.45, 2.75) is 6.92 Å². The van der Waals surface area contributed by atoms with E-state index in [1.54, 1.807) is 10.9 Å². The molecule has 0 atom stereocenters. The van der Waals surface area contributed by atoms with Crippen LogP contribution < -0.4 is 10.2 Å². The van der Waals surface area contributed by atoms with E-state index in [0.717, 1.165) is 48.9 Å². The summed E-state index contributed by atoms with van der Waals surface area (Å²) < 4.78 is 7.17. The highest BCUT2D eigenvalue weighted by atomic mass is 16.5. The molecule has 0 aliphatic carbocycles. The van der Waals surface area contributed by atoms with Gasteiger partial charge in [-0.2, -0.15) is 5.10 Å². The summed E-state index contributed by atoms with van der Waals surface area (Å²) in [6.07, 6.45) is 3.60. The zero-order valence-corrected chi connectivity index (χ0v) is 15.3. The lowest BCUT2D eigenvalue weighted by Gasteiger charge is -2.30. The average Bonchev–Trinajstić information content (AvgIpc) is 3.24. The summed E-state index contributed by atoms with van der Waals surface area (Å²) >= 11 is 0. The average molecular weight is 362 g/mol. The highest BCUT2D eigenvalue weighted by Gasteiger charge is 2.15. The Morgan fingerprint density at radius 1 is 1.11 bits per heavy atom. The molecule has 1 aliphatic heterocycles. The number of morpholine rings is 1. The van der Waals surface area contributed by atoms with E-state index in [9.17, 15) is 4.79 Å². The Hall–Kier alpha value is -3.12. The molecule has 0 unspecified atom stereocenters. The van der Waals surface area contributed by atoms with Gasteiger partial charge in [0.2, 0.25) is 0 Å². The van der Waals surface area contributed by atoms with Gasteiger partial charge in [-0.25, -0.2) is 4.68 Å². The molecule has 2 aromatic carbocycles. The number of ether oxygens (including phenoxy) is 1. The summed E-state index contributed by atoms with van der Waals surface area (Å²) in [5.74, 6) is -0.121. The summed E-state index contributed by atoms with van der Waals surface area (Å²) in [4.78, 5) is 15.0. The lowest BCUT2D eigenvalue weighted by atomic mass is 10.1. The fourth-order valence-electron chi connectivity index (χ4n) is 3.31. The van der Waals surface area contributed by atoms with Crippen molar-refractivity contribution in [2.75, 3.05) is 36.5 Å². The molecule has 27 heavy (non-hydrogen) atoms. The van der Waals surface area contributed by atoms with Gasteiger partial charge in [0.15, 0.2) is 0 Å². The third-order valence-electron chi connectivity index (χ3n) is 4.68.